The maximum Gasteiger partial charge on any atom is 0.407 e. The van der Waals surface area contributed by atoms with E-state index >= 15 is 0 Å². The predicted octanol–water partition coefficient (Wildman–Crippen LogP) is 2.36. The molecule has 3 nitrogen and oxygen atoms in total. The molecule has 17 heavy (non-hydrogen) atoms. The van der Waals surface area contributed by atoms with Gasteiger partial charge in [-0.25, -0.2) is 4.79 Å². The summed E-state index contributed by atoms with van der Waals surface area (Å²) in [6, 6.07) is 4.26. The molecule has 0 aliphatic rings. The summed E-state index contributed by atoms with van der Waals surface area (Å²) < 4.78 is 42.0. The van der Waals surface area contributed by atoms with Gasteiger partial charge in [0.15, 0.2) is 0 Å². The largest absolute Gasteiger partial charge is 0.423 e. The van der Waals surface area contributed by atoms with Crippen LogP contribution in [0.15, 0.2) is 39.5 Å². The highest BCUT2D eigenvalue weighted by atomic mass is 19.4. The second-order valence-corrected chi connectivity index (χ2v) is 3.57. The van der Waals surface area contributed by atoms with Crippen LogP contribution in [0.25, 0.3) is 11.0 Å². The number of halogens is 3. The number of nitrogens with two attached hydrogens (primary N) is 1. The maximum atomic E-state index is 12.4. The summed E-state index contributed by atoms with van der Waals surface area (Å²) in [7, 11) is 0. The minimum atomic E-state index is -4.50. The second kappa shape index (κ2) is 3.89. The molecule has 0 bridgehead atoms. The molecule has 2 N–H and O–H groups in total. The molecule has 1 aromatic carbocycles. The monoisotopic (exact) mass is 243 g/mol. The lowest BCUT2D eigenvalue weighted by atomic mass is 10.1. The van der Waals surface area contributed by atoms with E-state index < -0.39 is 17.8 Å². The predicted molar refractivity (Wildman–Crippen MR) is 55.5 cm³/mol. The van der Waals surface area contributed by atoms with Crippen LogP contribution in [0.1, 0.15) is 11.6 Å². The summed E-state index contributed by atoms with van der Waals surface area (Å²) in [5, 5.41) is 0.404. The Bertz CT molecular complexity index is 603. The highest BCUT2D eigenvalue weighted by Crippen LogP contribution is 2.31. The normalized spacial score (nSPS) is 13.9. The lowest BCUT2D eigenvalue weighted by Crippen LogP contribution is -2.28. The zero-order valence-corrected chi connectivity index (χ0v) is 8.49. The van der Waals surface area contributed by atoms with Gasteiger partial charge in [-0.1, -0.05) is 6.07 Å². The fourth-order valence-electron chi connectivity index (χ4n) is 1.47. The third kappa shape index (κ3) is 2.31. The molecule has 0 fully saturated rings. The van der Waals surface area contributed by atoms with Gasteiger partial charge >= 0.3 is 11.8 Å². The second-order valence-electron chi connectivity index (χ2n) is 3.57. The van der Waals surface area contributed by atoms with Crippen molar-refractivity contribution in [1.29, 1.82) is 0 Å². The van der Waals surface area contributed by atoms with E-state index in [4.69, 9.17) is 10.2 Å². The van der Waals surface area contributed by atoms with Crippen LogP contribution in [0, 0.1) is 0 Å². The van der Waals surface area contributed by atoms with Crippen molar-refractivity contribution in [2.75, 3.05) is 0 Å². The van der Waals surface area contributed by atoms with Gasteiger partial charge in [0.1, 0.15) is 11.6 Å². The summed E-state index contributed by atoms with van der Waals surface area (Å²) >= 11 is 0. The Morgan fingerprint density at radius 3 is 2.53 bits per heavy atom. The van der Waals surface area contributed by atoms with Gasteiger partial charge in [-0.05, 0) is 23.8 Å². The highest BCUT2D eigenvalue weighted by Gasteiger charge is 2.37. The van der Waals surface area contributed by atoms with Gasteiger partial charge in [0, 0.05) is 11.5 Å². The topological polar surface area (TPSA) is 56.2 Å². The molecule has 1 atom stereocenters. The number of alkyl halides is 3. The minimum absolute atomic E-state index is 0.0705. The van der Waals surface area contributed by atoms with Gasteiger partial charge in [-0.2, -0.15) is 13.2 Å². The first kappa shape index (κ1) is 11.7. The Morgan fingerprint density at radius 1 is 1.18 bits per heavy atom. The molecule has 0 saturated heterocycles. The zero-order valence-electron chi connectivity index (χ0n) is 8.49. The smallest absolute Gasteiger partial charge is 0.407 e. The van der Waals surface area contributed by atoms with Crippen LogP contribution >= 0.6 is 0 Å². The number of hydrogen-bond donors (Lipinski definition) is 1. The van der Waals surface area contributed by atoms with Crippen molar-refractivity contribution in [2.24, 2.45) is 5.73 Å². The molecule has 2 aromatic rings. The molecule has 0 amide bonds. The van der Waals surface area contributed by atoms with Crippen LogP contribution < -0.4 is 11.4 Å². The van der Waals surface area contributed by atoms with Crippen LogP contribution in [0.2, 0.25) is 0 Å². The van der Waals surface area contributed by atoms with E-state index in [2.05, 4.69) is 0 Å². The molecule has 0 radical (unpaired) electrons. The first-order valence-corrected chi connectivity index (χ1v) is 4.74. The number of fused-ring (bicyclic) bond motifs is 1. The Morgan fingerprint density at radius 2 is 1.88 bits per heavy atom. The summed E-state index contributed by atoms with van der Waals surface area (Å²) in [6.07, 6.45) is -4.50. The Kier molecular flexibility index (Phi) is 2.66. The molecular formula is C11H8F3NO2. The van der Waals surface area contributed by atoms with Crippen molar-refractivity contribution >= 4 is 11.0 Å². The van der Waals surface area contributed by atoms with E-state index in [1.807, 2.05) is 0 Å². The van der Waals surface area contributed by atoms with Crippen molar-refractivity contribution in [3.63, 3.8) is 0 Å². The molecule has 0 unspecified atom stereocenters. The highest BCUT2D eigenvalue weighted by molar-refractivity contribution is 5.77. The number of hydrogen-bond acceptors (Lipinski definition) is 3. The molecule has 6 heteroatoms. The number of benzene rings is 1. The van der Waals surface area contributed by atoms with Crippen LogP contribution in [0.5, 0.6) is 0 Å². The molecule has 0 spiro atoms. The minimum Gasteiger partial charge on any atom is -0.423 e. The van der Waals surface area contributed by atoms with Gasteiger partial charge in [-0.15, -0.1) is 0 Å². The molecule has 90 valence electrons. The van der Waals surface area contributed by atoms with Gasteiger partial charge in [0.2, 0.25) is 0 Å². The summed E-state index contributed by atoms with van der Waals surface area (Å²) in [6.45, 7) is 0. The van der Waals surface area contributed by atoms with E-state index in [1.54, 1.807) is 0 Å². The van der Waals surface area contributed by atoms with Gasteiger partial charge in [-0.3, -0.25) is 0 Å². The van der Waals surface area contributed by atoms with Gasteiger partial charge in [0.25, 0.3) is 0 Å². The van der Waals surface area contributed by atoms with E-state index in [0.29, 0.717) is 5.39 Å². The molecule has 2 rings (SSSR count). The van der Waals surface area contributed by atoms with E-state index in [0.717, 1.165) is 6.07 Å². The van der Waals surface area contributed by atoms with Crippen LogP contribution in [-0.4, -0.2) is 6.18 Å². The van der Waals surface area contributed by atoms with E-state index in [-0.39, 0.29) is 11.1 Å². The third-order valence-corrected chi connectivity index (χ3v) is 2.36. The third-order valence-electron chi connectivity index (χ3n) is 2.36. The fraction of sp³-hybridized carbons (Fsp3) is 0.182. The first-order valence-electron chi connectivity index (χ1n) is 4.74. The lowest BCUT2D eigenvalue weighted by molar-refractivity contribution is -0.149. The zero-order chi connectivity index (χ0) is 12.6. The van der Waals surface area contributed by atoms with Crippen molar-refractivity contribution in [1.82, 2.24) is 0 Å². The van der Waals surface area contributed by atoms with Crippen LogP contribution in [-0.2, 0) is 0 Å². The average Bonchev–Trinajstić information content (AvgIpc) is 2.26. The van der Waals surface area contributed by atoms with Crippen LogP contribution in [0.4, 0.5) is 13.2 Å². The van der Waals surface area contributed by atoms with E-state index in [9.17, 15) is 18.0 Å². The molecule has 0 saturated carbocycles. The maximum absolute atomic E-state index is 12.4. The quantitative estimate of drug-likeness (QED) is 0.782. The fourth-order valence-corrected chi connectivity index (χ4v) is 1.47. The molecule has 1 aromatic heterocycles. The van der Waals surface area contributed by atoms with Crippen molar-refractivity contribution < 1.29 is 17.6 Å². The Hall–Kier alpha value is -1.82. The average molecular weight is 243 g/mol. The lowest BCUT2D eigenvalue weighted by Gasteiger charge is -2.15. The Balaban J connectivity index is 2.52. The molecular weight excluding hydrogens is 235 g/mol. The molecule has 1 heterocycles. The molecule has 0 aliphatic carbocycles. The van der Waals surface area contributed by atoms with Crippen LogP contribution in [0.3, 0.4) is 0 Å². The first-order chi connectivity index (χ1) is 7.88. The van der Waals surface area contributed by atoms with Crippen molar-refractivity contribution in [3.8, 4) is 0 Å². The SMILES string of the molecule is N[C@@H](c1ccc2oc(=O)ccc2c1)C(F)(F)F. The summed E-state index contributed by atoms with van der Waals surface area (Å²) in [4.78, 5) is 10.9. The van der Waals surface area contributed by atoms with Gasteiger partial charge in [0.05, 0.1) is 0 Å². The number of rotatable bonds is 1. The Labute approximate surface area is 93.6 Å². The molecule has 0 aliphatic heterocycles. The standard InChI is InChI=1S/C11H8F3NO2/c12-11(13,14)10(15)7-1-3-8-6(5-7)2-4-9(16)17-8/h1-5,10H,15H2/t10-/m0/s1. The van der Waals surface area contributed by atoms with Gasteiger partial charge < -0.3 is 10.2 Å². The summed E-state index contributed by atoms with van der Waals surface area (Å²) in [5.41, 5.74) is 4.69. The summed E-state index contributed by atoms with van der Waals surface area (Å²) in [5.74, 6) is 0. The van der Waals surface area contributed by atoms with Crippen molar-refractivity contribution in [3.05, 3.63) is 46.3 Å². The van der Waals surface area contributed by atoms with E-state index in [1.165, 1.54) is 24.3 Å². The van der Waals surface area contributed by atoms with Crippen molar-refractivity contribution in [2.45, 2.75) is 12.2 Å².